The van der Waals surface area contributed by atoms with Gasteiger partial charge in [0.15, 0.2) is 0 Å². The van der Waals surface area contributed by atoms with E-state index in [9.17, 15) is 19.5 Å². The Morgan fingerprint density at radius 1 is 1.17 bits per heavy atom. The van der Waals surface area contributed by atoms with Crippen molar-refractivity contribution >= 4 is 17.7 Å². The van der Waals surface area contributed by atoms with Crippen molar-refractivity contribution in [2.24, 2.45) is 23.7 Å². The minimum absolute atomic E-state index is 0.0807. The zero-order chi connectivity index (χ0) is 21.4. The van der Waals surface area contributed by atoms with Crippen LogP contribution in [-0.2, 0) is 4.74 Å². The normalized spacial score (nSPS) is 31.8. The molecule has 1 aromatic heterocycles. The van der Waals surface area contributed by atoms with Crippen molar-refractivity contribution in [3.05, 3.63) is 28.2 Å². The number of aromatic carboxylic acids is 1. The zero-order valence-corrected chi connectivity index (χ0v) is 17.6. The molecule has 2 N–H and O–H groups in total. The first kappa shape index (κ1) is 19.5. The zero-order valence-electron chi connectivity index (χ0n) is 17.6. The number of aromatic nitrogens is 1. The third-order valence-corrected chi connectivity index (χ3v) is 6.87. The highest BCUT2D eigenvalue weighted by Gasteiger charge is 2.57. The SMILES string of the molecule is CC(C)(C)OC(=O)N1C[C@@H]2[C@H](C1)[C@H]2Nc1cc(=O)n([C@H]2C[C@@H]2C2CC2)cc1C(=O)O. The van der Waals surface area contributed by atoms with E-state index in [0.717, 1.165) is 6.42 Å². The molecule has 4 fully saturated rings. The number of nitrogens with zero attached hydrogens (tertiary/aromatic N) is 2. The quantitative estimate of drug-likeness (QED) is 0.767. The monoisotopic (exact) mass is 415 g/mol. The third-order valence-electron chi connectivity index (χ3n) is 6.87. The van der Waals surface area contributed by atoms with Crippen LogP contribution in [-0.4, -0.2) is 51.4 Å². The number of nitrogens with one attached hydrogen (secondary N) is 1. The highest BCUT2D eigenvalue weighted by molar-refractivity contribution is 5.94. The highest BCUT2D eigenvalue weighted by atomic mass is 16.6. The van der Waals surface area contributed by atoms with E-state index in [1.807, 2.05) is 20.8 Å². The van der Waals surface area contributed by atoms with Crippen LogP contribution in [0.4, 0.5) is 10.5 Å². The van der Waals surface area contributed by atoms with Crippen LogP contribution in [0.1, 0.15) is 56.4 Å². The van der Waals surface area contributed by atoms with Crippen LogP contribution >= 0.6 is 0 Å². The summed E-state index contributed by atoms with van der Waals surface area (Å²) in [6.45, 7) is 6.70. The fourth-order valence-electron chi connectivity index (χ4n) is 5.04. The number of piperidine rings is 1. The minimum Gasteiger partial charge on any atom is -0.478 e. The molecule has 0 bridgehead atoms. The van der Waals surface area contributed by atoms with Crippen LogP contribution in [0.3, 0.4) is 0 Å². The molecule has 1 amide bonds. The number of ether oxygens (including phenoxy) is 1. The summed E-state index contributed by atoms with van der Waals surface area (Å²) in [5, 5.41) is 13.0. The van der Waals surface area contributed by atoms with Gasteiger partial charge in [-0.25, -0.2) is 9.59 Å². The number of likely N-dealkylation sites (tertiary alicyclic amines) is 1. The van der Waals surface area contributed by atoms with Gasteiger partial charge in [0.25, 0.3) is 5.56 Å². The Bertz CT molecular complexity index is 949. The van der Waals surface area contributed by atoms with Gasteiger partial charge in [-0.05, 0) is 51.9 Å². The van der Waals surface area contributed by atoms with Gasteiger partial charge >= 0.3 is 12.1 Å². The first-order chi connectivity index (χ1) is 14.1. The van der Waals surface area contributed by atoms with Gasteiger partial charge in [0.05, 0.1) is 11.3 Å². The molecule has 0 radical (unpaired) electrons. The Balaban J connectivity index is 1.25. The number of carbonyl (C=O) groups excluding carboxylic acids is 1. The van der Waals surface area contributed by atoms with Gasteiger partial charge in [-0.2, -0.15) is 0 Å². The summed E-state index contributed by atoms with van der Waals surface area (Å²) in [7, 11) is 0. The lowest BCUT2D eigenvalue weighted by atomic mass is 10.2. The minimum atomic E-state index is -1.03. The number of hydrogen-bond donors (Lipinski definition) is 2. The fourth-order valence-corrected chi connectivity index (χ4v) is 5.04. The number of carbonyl (C=O) groups is 2. The van der Waals surface area contributed by atoms with Crippen LogP contribution in [0.2, 0.25) is 0 Å². The number of amides is 1. The van der Waals surface area contributed by atoms with Crippen LogP contribution < -0.4 is 10.9 Å². The van der Waals surface area contributed by atoms with Crippen LogP contribution in [0, 0.1) is 23.7 Å². The Morgan fingerprint density at radius 2 is 1.83 bits per heavy atom. The molecule has 162 valence electrons. The van der Waals surface area contributed by atoms with E-state index in [1.54, 1.807) is 9.47 Å². The van der Waals surface area contributed by atoms with E-state index in [2.05, 4.69) is 5.32 Å². The number of rotatable bonds is 5. The molecule has 3 saturated carbocycles. The van der Waals surface area contributed by atoms with E-state index in [0.29, 0.717) is 30.6 Å². The van der Waals surface area contributed by atoms with E-state index < -0.39 is 11.6 Å². The fraction of sp³-hybridized carbons (Fsp3) is 0.682. The molecule has 30 heavy (non-hydrogen) atoms. The van der Waals surface area contributed by atoms with Crippen LogP contribution in [0.5, 0.6) is 0 Å². The summed E-state index contributed by atoms with van der Waals surface area (Å²) in [4.78, 5) is 38.5. The van der Waals surface area contributed by atoms with E-state index >= 15 is 0 Å². The molecular weight excluding hydrogens is 386 g/mol. The Hall–Kier alpha value is -2.51. The lowest BCUT2D eigenvalue weighted by molar-refractivity contribution is 0.0272. The molecule has 1 aliphatic heterocycles. The summed E-state index contributed by atoms with van der Waals surface area (Å²) in [6.07, 6.45) is 4.64. The number of pyridine rings is 1. The predicted octanol–water partition coefficient (Wildman–Crippen LogP) is 2.79. The van der Waals surface area contributed by atoms with Crippen molar-refractivity contribution in [2.75, 3.05) is 18.4 Å². The van der Waals surface area contributed by atoms with E-state index in [1.165, 1.54) is 25.1 Å². The van der Waals surface area contributed by atoms with Crippen molar-refractivity contribution in [3.8, 4) is 0 Å². The van der Waals surface area contributed by atoms with Gasteiger partial charge in [0.2, 0.25) is 0 Å². The van der Waals surface area contributed by atoms with E-state index in [-0.39, 0.29) is 41.1 Å². The molecule has 4 aliphatic rings. The van der Waals surface area contributed by atoms with Crippen molar-refractivity contribution < 1.29 is 19.4 Å². The summed E-state index contributed by atoms with van der Waals surface area (Å²) in [5.41, 5.74) is -0.139. The van der Waals surface area contributed by atoms with Crippen LogP contribution in [0.25, 0.3) is 0 Å². The molecule has 0 spiro atoms. The Kier molecular flexibility index (Phi) is 4.21. The van der Waals surface area contributed by atoms with Crippen LogP contribution in [0.15, 0.2) is 17.1 Å². The van der Waals surface area contributed by atoms with Gasteiger partial charge in [-0.1, -0.05) is 0 Å². The second-order valence-corrected chi connectivity index (χ2v) is 10.3. The maximum Gasteiger partial charge on any atom is 0.410 e. The maximum atomic E-state index is 12.7. The lowest BCUT2D eigenvalue weighted by Crippen LogP contribution is -2.38. The summed E-state index contributed by atoms with van der Waals surface area (Å²) in [5.74, 6) is 0.723. The van der Waals surface area contributed by atoms with E-state index in [4.69, 9.17) is 4.74 Å². The van der Waals surface area contributed by atoms with Crippen molar-refractivity contribution in [1.29, 1.82) is 0 Å². The summed E-state index contributed by atoms with van der Waals surface area (Å²) < 4.78 is 7.05. The number of hydrogen-bond acceptors (Lipinski definition) is 5. The number of carboxylic acids is 1. The maximum absolute atomic E-state index is 12.7. The number of fused-ring (bicyclic) bond motifs is 1. The second-order valence-electron chi connectivity index (χ2n) is 10.3. The topological polar surface area (TPSA) is 101 Å². The molecule has 5 atom stereocenters. The molecule has 8 nitrogen and oxygen atoms in total. The Morgan fingerprint density at radius 3 is 2.40 bits per heavy atom. The average Bonchev–Trinajstić information content (AvgIpc) is 3.53. The van der Waals surface area contributed by atoms with Gasteiger partial charge in [-0.3, -0.25) is 4.79 Å². The molecule has 8 heteroatoms. The van der Waals surface area contributed by atoms with Gasteiger partial charge in [0.1, 0.15) is 5.60 Å². The largest absolute Gasteiger partial charge is 0.478 e. The van der Waals surface area contributed by atoms with Crippen molar-refractivity contribution in [3.63, 3.8) is 0 Å². The third kappa shape index (κ3) is 3.56. The lowest BCUT2D eigenvalue weighted by Gasteiger charge is -2.26. The predicted molar refractivity (Wildman–Crippen MR) is 110 cm³/mol. The molecule has 5 rings (SSSR count). The molecule has 2 heterocycles. The average molecular weight is 415 g/mol. The molecule has 3 aliphatic carbocycles. The molecule has 1 saturated heterocycles. The number of carboxylic acid groups (broad SMARTS) is 1. The van der Waals surface area contributed by atoms with Crippen molar-refractivity contribution in [2.45, 2.75) is 57.7 Å². The standard InChI is InChI=1S/C22H29N3O5/c1-22(2,3)30-21(29)24-8-13-14(9-24)19(13)23-16-7-18(26)25(10-15(16)20(27)28)17-6-12(17)11-4-5-11/h7,10-14,17,19,23H,4-6,8-9H2,1-3H3,(H,27,28)/t12-,13-,14+,17+,19+/m1/s1. The number of anilines is 1. The molecular formula is C22H29N3O5. The summed E-state index contributed by atoms with van der Waals surface area (Å²) >= 11 is 0. The molecule has 0 aromatic carbocycles. The van der Waals surface area contributed by atoms with Gasteiger partial charge in [0, 0.05) is 49.3 Å². The van der Waals surface area contributed by atoms with Gasteiger partial charge < -0.3 is 24.6 Å². The smallest absolute Gasteiger partial charge is 0.410 e. The van der Waals surface area contributed by atoms with Gasteiger partial charge in [-0.15, -0.1) is 0 Å². The first-order valence-electron chi connectivity index (χ1n) is 10.9. The molecule has 0 unspecified atom stereocenters. The Labute approximate surface area is 175 Å². The molecule has 1 aromatic rings. The van der Waals surface area contributed by atoms with Crippen molar-refractivity contribution in [1.82, 2.24) is 9.47 Å². The summed E-state index contributed by atoms with van der Waals surface area (Å²) in [6, 6.07) is 1.67. The first-order valence-corrected chi connectivity index (χ1v) is 10.9. The highest BCUT2D eigenvalue weighted by Crippen LogP contribution is 2.56. The second kappa shape index (κ2) is 6.49.